The molecule has 0 saturated carbocycles. The first-order chi connectivity index (χ1) is 11.4. The van der Waals surface area contributed by atoms with Crippen molar-refractivity contribution >= 4 is 10.0 Å². The summed E-state index contributed by atoms with van der Waals surface area (Å²) >= 11 is 0. The van der Waals surface area contributed by atoms with E-state index in [0.717, 1.165) is 0 Å². The van der Waals surface area contributed by atoms with E-state index in [0.29, 0.717) is 22.3 Å². The van der Waals surface area contributed by atoms with Gasteiger partial charge in [-0.1, -0.05) is 6.07 Å². The van der Waals surface area contributed by atoms with E-state index in [2.05, 4.69) is 10.2 Å². The predicted molar refractivity (Wildman–Crippen MR) is 86.0 cm³/mol. The molecule has 2 N–H and O–H groups in total. The molecule has 0 aliphatic rings. The van der Waals surface area contributed by atoms with Crippen LogP contribution in [0.5, 0.6) is 0 Å². The lowest BCUT2D eigenvalue weighted by Gasteiger charge is -2.04. The Bertz CT molecular complexity index is 1050. The van der Waals surface area contributed by atoms with E-state index in [1.54, 1.807) is 43.3 Å². The van der Waals surface area contributed by atoms with Crippen LogP contribution in [-0.2, 0) is 10.0 Å². The van der Waals surface area contributed by atoms with Gasteiger partial charge in [-0.25, -0.2) is 13.6 Å². The second-order valence-corrected chi connectivity index (χ2v) is 6.66. The predicted octanol–water partition coefficient (Wildman–Crippen LogP) is 2.23. The van der Waals surface area contributed by atoms with Gasteiger partial charge in [0.15, 0.2) is 0 Å². The molecule has 0 saturated heterocycles. The minimum Gasteiger partial charge on any atom is -0.416 e. The first-order valence-corrected chi connectivity index (χ1v) is 8.41. The van der Waals surface area contributed by atoms with Gasteiger partial charge >= 0.3 is 0 Å². The van der Waals surface area contributed by atoms with Crippen molar-refractivity contribution in [2.24, 2.45) is 5.14 Å². The Morgan fingerprint density at radius 3 is 2.21 bits per heavy atom. The van der Waals surface area contributed by atoms with E-state index in [1.807, 2.05) is 6.07 Å². The molecule has 0 atom stereocenters. The third-order valence-corrected chi connectivity index (χ3v) is 4.48. The van der Waals surface area contributed by atoms with E-state index in [4.69, 9.17) is 14.8 Å². The Balaban J connectivity index is 2.00. The summed E-state index contributed by atoms with van der Waals surface area (Å²) in [5, 5.41) is 21.9. The Kier molecular flexibility index (Phi) is 3.89. The van der Waals surface area contributed by atoms with Gasteiger partial charge in [0.2, 0.25) is 21.8 Å². The number of nitrogens with zero attached hydrogens (tertiary/aromatic N) is 3. The zero-order valence-electron chi connectivity index (χ0n) is 12.6. The van der Waals surface area contributed by atoms with E-state index >= 15 is 0 Å². The zero-order valence-corrected chi connectivity index (χ0v) is 13.4. The molecule has 1 heterocycles. The van der Waals surface area contributed by atoms with Crippen molar-refractivity contribution in [2.75, 3.05) is 0 Å². The van der Waals surface area contributed by atoms with Crippen molar-refractivity contribution in [3.05, 3.63) is 53.6 Å². The first kappa shape index (κ1) is 15.9. The zero-order chi connectivity index (χ0) is 17.3. The maximum atomic E-state index is 11.6. The number of nitrogens with two attached hydrogens (primary N) is 1. The van der Waals surface area contributed by atoms with Crippen LogP contribution >= 0.6 is 0 Å². The van der Waals surface area contributed by atoms with Crippen LogP contribution in [0.4, 0.5) is 0 Å². The summed E-state index contributed by atoms with van der Waals surface area (Å²) in [7, 11) is -3.84. The minimum absolute atomic E-state index is 0.0122. The van der Waals surface area contributed by atoms with Gasteiger partial charge in [-0.05, 0) is 48.9 Å². The smallest absolute Gasteiger partial charge is 0.248 e. The molecule has 0 spiro atoms. The molecule has 7 nitrogen and oxygen atoms in total. The van der Waals surface area contributed by atoms with Gasteiger partial charge in [0.25, 0.3) is 0 Å². The second-order valence-electron chi connectivity index (χ2n) is 5.13. The first-order valence-electron chi connectivity index (χ1n) is 6.86. The molecule has 0 unspecified atom stereocenters. The number of nitriles is 1. The molecule has 0 amide bonds. The lowest BCUT2D eigenvalue weighted by Crippen LogP contribution is -2.13. The molecule has 0 aliphatic carbocycles. The van der Waals surface area contributed by atoms with Gasteiger partial charge in [0, 0.05) is 11.1 Å². The highest BCUT2D eigenvalue weighted by Crippen LogP contribution is 2.26. The van der Waals surface area contributed by atoms with Crippen LogP contribution in [-0.4, -0.2) is 18.6 Å². The Hall–Kier alpha value is -3.02. The van der Waals surface area contributed by atoms with Gasteiger partial charge in [-0.3, -0.25) is 0 Å². The van der Waals surface area contributed by atoms with Gasteiger partial charge in [0.05, 0.1) is 16.5 Å². The molecule has 0 fully saturated rings. The largest absolute Gasteiger partial charge is 0.416 e. The average molecular weight is 340 g/mol. The van der Waals surface area contributed by atoms with E-state index < -0.39 is 10.0 Å². The quantitative estimate of drug-likeness (QED) is 0.780. The van der Waals surface area contributed by atoms with Crippen LogP contribution in [0, 0.1) is 18.3 Å². The van der Waals surface area contributed by atoms with Crippen molar-refractivity contribution < 1.29 is 12.8 Å². The lowest BCUT2D eigenvalue weighted by molar-refractivity contribution is 0.584. The highest BCUT2D eigenvalue weighted by molar-refractivity contribution is 7.89. The molecule has 3 rings (SSSR count). The summed E-state index contributed by atoms with van der Waals surface area (Å²) in [4.78, 5) is 0.0122. The standard InChI is InChI=1S/C16H12N4O3S/c1-10-2-5-13(8-14(10)24(18,21)22)16-20-19-15(23-16)12-6-3-11(9-17)4-7-12/h2-8H,1H3,(H2,18,21,22). The van der Waals surface area contributed by atoms with Crippen LogP contribution < -0.4 is 5.14 Å². The van der Waals surface area contributed by atoms with Crippen molar-refractivity contribution in [3.8, 4) is 29.0 Å². The van der Waals surface area contributed by atoms with Crippen molar-refractivity contribution in [1.29, 1.82) is 5.26 Å². The molecular weight excluding hydrogens is 328 g/mol. The Morgan fingerprint density at radius 1 is 1.04 bits per heavy atom. The molecule has 0 bridgehead atoms. The van der Waals surface area contributed by atoms with Crippen molar-refractivity contribution in [3.63, 3.8) is 0 Å². The fourth-order valence-corrected chi connectivity index (χ4v) is 2.99. The molecule has 0 radical (unpaired) electrons. The molecular formula is C16H12N4O3S. The molecule has 3 aromatic rings. The number of benzene rings is 2. The van der Waals surface area contributed by atoms with Crippen LogP contribution in [0.15, 0.2) is 51.8 Å². The minimum atomic E-state index is -3.84. The third kappa shape index (κ3) is 3.03. The summed E-state index contributed by atoms with van der Waals surface area (Å²) in [6, 6.07) is 13.4. The molecule has 1 aromatic heterocycles. The van der Waals surface area contributed by atoms with E-state index in [9.17, 15) is 8.42 Å². The highest BCUT2D eigenvalue weighted by atomic mass is 32.2. The second kappa shape index (κ2) is 5.88. The molecule has 120 valence electrons. The molecule has 2 aromatic carbocycles. The molecule has 8 heteroatoms. The summed E-state index contributed by atoms with van der Waals surface area (Å²) in [5.74, 6) is 0.450. The topological polar surface area (TPSA) is 123 Å². The monoisotopic (exact) mass is 340 g/mol. The normalized spacial score (nSPS) is 11.2. The number of sulfonamides is 1. The van der Waals surface area contributed by atoms with Gasteiger partial charge in [-0.2, -0.15) is 5.26 Å². The fourth-order valence-electron chi connectivity index (χ4n) is 2.18. The maximum Gasteiger partial charge on any atom is 0.248 e. The van der Waals surface area contributed by atoms with Gasteiger partial charge in [-0.15, -0.1) is 10.2 Å². The summed E-state index contributed by atoms with van der Waals surface area (Å²) in [6.45, 7) is 1.65. The summed E-state index contributed by atoms with van der Waals surface area (Å²) in [5.41, 5.74) is 2.17. The number of hydrogen-bond donors (Lipinski definition) is 1. The summed E-state index contributed by atoms with van der Waals surface area (Å²) in [6.07, 6.45) is 0. The van der Waals surface area contributed by atoms with Crippen molar-refractivity contribution in [2.45, 2.75) is 11.8 Å². The maximum absolute atomic E-state index is 11.6. The molecule has 24 heavy (non-hydrogen) atoms. The Labute approximate surface area is 138 Å². The number of primary sulfonamides is 1. The van der Waals surface area contributed by atoms with Crippen LogP contribution in [0.25, 0.3) is 22.9 Å². The van der Waals surface area contributed by atoms with E-state index in [-0.39, 0.29) is 16.7 Å². The van der Waals surface area contributed by atoms with Crippen LogP contribution in [0.2, 0.25) is 0 Å². The fraction of sp³-hybridized carbons (Fsp3) is 0.0625. The number of hydrogen-bond acceptors (Lipinski definition) is 6. The van der Waals surface area contributed by atoms with Gasteiger partial charge < -0.3 is 4.42 Å². The number of rotatable bonds is 3. The Morgan fingerprint density at radius 2 is 1.62 bits per heavy atom. The average Bonchev–Trinajstić information content (AvgIpc) is 3.04. The van der Waals surface area contributed by atoms with Gasteiger partial charge in [0.1, 0.15) is 0 Å². The van der Waals surface area contributed by atoms with Crippen LogP contribution in [0.1, 0.15) is 11.1 Å². The third-order valence-electron chi connectivity index (χ3n) is 3.43. The number of aromatic nitrogens is 2. The van der Waals surface area contributed by atoms with Crippen LogP contribution in [0.3, 0.4) is 0 Å². The number of aryl methyl sites for hydroxylation is 1. The SMILES string of the molecule is Cc1ccc(-c2nnc(-c3ccc(C#N)cc3)o2)cc1S(N)(=O)=O. The van der Waals surface area contributed by atoms with Crippen molar-refractivity contribution in [1.82, 2.24) is 10.2 Å². The summed E-state index contributed by atoms with van der Waals surface area (Å²) < 4.78 is 28.8. The van der Waals surface area contributed by atoms with E-state index in [1.165, 1.54) is 6.07 Å². The molecule has 0 aliphatic heterocycles. The highest BCUT2D eigenvalue weighted by Gasteiger charge is 2.16. The lowest BCUT2D eigenvalue weighted by atomic mass is 10.1.